The Labute approximate surface area is 243 Å². The van der Waals surface area contributed by atoms with E-state index in [4.69, 9.17) is 29.7 Å². The molecule has 4 heterocycles. The average molecular weight is 653 g/mol. The Morgan fingerprint density at radius 2 is 1.41 bits per heavy atom. The van der Waals surface area contributed by atoms with Gasteiger partial charge in [-0.3, -0.25) is 19.5 Å². The minimum absolute atomic E-state index is 0.614. The van der Waals surface area contributed by atoms with Crippen LogP contribution in [0.4, 0.5) is 39.5 Å². The van der Waals surface area contributed by atoms with E-state index in [9.17, 15) is 39.5 Å². The summed E-state index contributed by atoms with van der Waals surface area (Å²) in [7, 11) is 2.30. The smallest absolute Gasteiger partial charge is 0.475 e. The molecule has 11 nitrogen and oxygen atoms in total. The summed E-state index contributed by atoms with van der Waals surface area (Å²) in [6, 6.07) is 7.58. The molecule has 0 aliphatic carbocycles. The van der Waals surface area contributed by atoms with E-state index in [1.807, 2.05) is 30.7 Å². The number of aromatic nitrogens is 3. The fourth-order valence-electron chi connectivity index (χ4n) is 4.37. The van der Waals surface area contributed by atoms with Crippen LogP contribution in [-0.4, -0.2) is 109 Å². The van der Waals surface area contributed by atoms with Gasteiger partial charge in [-0.15, -0.1) is 0 Å². The first-order valence-corrected chi connectivity index (χ1v) is 12.3. The molecule has 248 valence electrons. The number of hydrogen-bond donors (Lipinski definition) is 3. The normalized spacial score (nSPS) is 20.5. The fraction of sp³-hybridized carbons (Fsp3) is 0.542. The quantitative estimate of drug-likeness (QED) is 0.417. The van der Waals surface area contributed by atoms with Gasteiger partial charge in [-0.1, -0.05) is 6.07 Å². The molecular formula is C24H28F9N5O6. The van der Waals surface area contributed by atoms with Gasteiger partial charge in [0.15, 0.2) is 0 Å². The van der Waals surface area contributed by atoms with Crippen LogP contribution in [0.25, 0.3) is 0 Å². The van der Waals surface area contributed by atoms with E-state index in [-0.39, 0.29) is 0 Å². The number of alkyl halides is 9. The molecule has 4 rings (SSSR count). The van der Waals surface area contributed by atoms with Crippen LogP contribution < -0.4 is 0 Å². The lowest BCUT2D eigenvalue weighted by Gasteiger charge is -2.37. The van der Waals surface area contributed by atoms with Crippen molar-refractivity contribution in [2.24, 2.45) is 5.92 Å². The second-order valence-electron chi connectivity index (χ2n) is 9.40. The number of nitrogens with zero attached hydrogens (tertiary/aromatic N) is 5. The monoisotopic (exact) mass is 653 g/mol. The number of rotatable bonds is 4. The molecule has 0 radical (unpaired) electrons. The maximum absolute atomic E-state index is 10.6. The van der Waals surface area contributed by atoms with Crippen molar-refractivity contribution in [2.75, 3.05) is 20.1 Å². The van der Waals surface area contributed by atoms with E-state index in [0.717, 1.165) is 25.0 Å². The molecule has 2 aliphatic rings. The van der Waals surface area contributed by atoms with Gasteiger partial charge in [0, 0.05) is 50.0 Å². The molecule has 44 heavy (non-hydrogen) atoms. The summed E-state index contributed by atoms with van der Waals surface area (Å²) < 4.78 is 97.3. The first-order chi connectivity index (χ1) is 20.1. The molecule has 20 heteroatoms. The van der Waals surface area contributed by atoms with Crippen LogP contribution in [0.1, 0.15) is 18.4 Å². The van der Waals surface area contributed by atoms with Crippen LogP contribution in [0.15, 0.2) is 43.0 Å². The van der Waals surface area contributed by atoms with Gasteiger partial charge in [-0.05, 0) is 50.0 Å². The molecule has 0 saturated carbocycles. The molecular weight excluding hydrogens is 625 g/mol. The van der Waals surface area contributed by atoms with Crippen molar-refractivity contribution in [3.63, 3.8) is 0 Å². The van der Waals surface area contributed by atoms with E-state index in [1.165, 1.54) is 31.5 Å². The zero-order valence-corrected chi connectivity index (χ0v) is 22.7. The molecule has 2 saturated heterocycles. The fourth-order valence-corrected chi connectivity index (χ4v) is 4.37. The number of halogens is 9. The largest absolute Gasteiger partial charge is 0.490 e. The molecule has 3 N–H and O–H groups in total. The highest BCUT2D eigenvalue weighted by Crippen LogP contribution is 2.35. The van der Waals surface area contributed by atoms with Gasteiger partial charge < -0.3 is 15.3 Å². The Kier molecular flexibility index (Phi) is 14.0. The summed E-state index contributed by atoms with van der Waals surface area (Å²) in [5.41, 5.74) is 1.32. The van der Waals surface area contributed by atoms with E-state index < -0.39 is 36.4 Å². The van der Waals surface area contributed by atoms with E-state index >= 15 is 0 Å². The molecule has 0 aromatic carbocycles. The molecule has 2 aromatic rings. The Hall–Kier alpha value is -3.94. The predicted octanol–water partition coefficient (Wildman–Crippen LogP) is 3.77. The lowest BCUT2D eigenvalue weighted by molar-refractivity contribution is -0.193. The van der Waals surface area contributed by atoms with Gasteiger partial charge in [0.1, 0.15) is 0 Å². The summed E-state index contributed by atoms with van der Waals surface area (Å²) in [5.74, 6) is -7.49. The molecule has 0 spiro atoms. The van der Waals surface area contributed by atoms with Gasteiger partial charge in [0.2, 0.25) is 0 Å². The van der Waals surface area contributed by atoms with Crippen LogP contribution in [-0.2, 0) is 27.5 Å². The number of piperidine rings is 1. The average Bonchev–Trinajstić information content (AvgIpc) is 3.52. The summed E-state index contributed by atoms with van der Waals surface area (Å²) in [6.45, 7) is 4.44. The second kappa shape index (κ2) is 16.2. The highest BCUT2D eigenvalue weighted by molar-refractivity contribution is 5.73. The van der Waals surface area contributed by atoms with Crippen LogP contribution in [0.3, 0.4) is 0 Å². The Bertz CT molecular complexity index is 1120. The summed E-state index contributed by atoms with van der Waals surface area (Å²) in [5, 5.41) is 25.7. The van der Waals surface area contributed by atoms with Crippen molar-refractivity contribution in [3.8, 4) is 0 Å². The SMILES string of the molecule is CN1C(Cn2cccn2)C[C@@H]2CN(Cc3cccnc3)CC[C@@H]21.O=C(O)C(F)(F)F.O=C(O)C(F)(F)F.O=C(O)C(F)(F)F. The van der Waals surface area contributed by atoms with E-state index in [0.29, 0.717) is 6.04 Å². The van der Waals surface area contributed by atoms with Crippen molar-refractivity contribution < 1.29 is 69.2 Å². The van der Waals surface area contributed by atoms with Crippen molar-refractivity contribution >= 4 is 17.9 Å². The first kappa shape index (κ1) is 38.1. The minimum atomic E-state index is -5.08. The lowest BCUT2D eigenvalue weighted by atomic mass is 9.92. The zero-order valence-electron chi connectivity index (χ0n) is 22.7. The third-order valence-corrected chi connectivity index (χ3v) is 6.27. The molecule has 0 amide bonds. The van der Waals surface area contributed by atoms with Gasteiger partial charge in [-0.2, -0.15) is 44.6 Å². The number of carbonyl (C=O) groups is 3. The van der Waals surface area contributed by atoms with Gasteiger partial charge in [0.05, 0.1) is 6.54 Å². The molecule has 2 aromatic heterocycles. The van der Waals surface area contributed by atoms with Crippen molar-refractivity contribution in [1.29, 1.82) is 0 Å². The van der Waals surface area contributed by atoms with Crippen molar-refractivity contribution in [2.45, 2.75) is 56.5 Å². The van der Waals surface area contributed by atoms with E-state index in [2.05, 4.69) is 43.9 Å². The van der Waals surface area contributed by atoms with Crippen LogP contribution in [0, 0.1) is 5.92 Å². The zero-order chi connectivity index (χ0) is 33.9. The Morgan fingerprint density at radius 1 is 0.886 bits per heavy atom. The number of likely N-dealkylation sites (tertiary alicyclic amines) is 2. The van der Waals surface area contributed by atoms with Crippen molar-refractivity contribution in [1.82, 2.24) is 24.6 Å². The standard InChI is InChI=1S/C18H25N5.3C2HF3O2/c1-21-17(14-23-8-3-7-20-23)10-16-13-22(9-5-18(16)21)12-15-4-2-6-19-11-15;3*3-2(4,5)1(6)7/h2-4,6-8,11,16-18H,5,9-10,12-14H2,1H3;3*(H,6,7)/t16-,17?,18+;;;/m1.../s1. The molecule has 2 aliphatic heterocycles. The van der Waals surface area contributed by atoms with Crippen LogP contribution >= 0.6 is 0 Å². The number of likely N-dealkylation sites (N-methyl/N-ethyl adjacent to an activating group) is 1. The van der Waals surface area contributed by atoms with Gasteiger partial charge in [0.25, 0.3) is 0 Å². The lowest BCUT2D eigenvalue weighted by Crippen LogP contribution is -2.45. The third-order valence-electron chi connectivity index (χ3n) is 6.27. The molecule has 3 atom stereocenters. The number of hydrogen-bond acceptors (Lipinski definition) is 7. The highest BCUT2D eigenvalue weighted by Gasteiger charge is 2.42. The third kappa shape index (κ3) is 13.6. The molecule has 2 fully saturated rings. The maximum atomic E-state index is 10.6. The summed E-state index contributed by atoms with van der Waals surface area (Å²) in [6.07, 6.45) is -4.90. The number of aliphatic carboxylic acids is 3. The maximum Gasteiger partial charge on any atom is 0.490 e. The van der Waals surface area contributed by atoms with Gasteiger partial charge >= 0.3 is 36.4 Å². The van der Waals surface area contributed by atoms with Crippen LogP contribution in [0.5, 0.6) is 0 Å². The van der Waals surface area contributed by atoms with E-state index in [1.54, 1.807) is 0 Å². The van der Waals surface area contributed by atoms with Gasteiger partial charge in [-0.25, -0.2) is 14.4 Å². The molecule has 0 bridgehead atoms. The minimum Gasteiger partial charge on any atom is -0.475 e. The summed E-state index contributed by atoms with van der Waals surface area (Å²) >= 11 is 0. The number of pyridine rings is 1. The second-order valence-corrected chi connectivity index (χ2v) is 9.40. The molecule has 1 unspecified atom stereocenters. The number of carboxylic acid groups (broad SMARTS) is 3. The Balaban J connectivity index is 0.000000379. The Morgan fingerprint density at radius 3 is 1.82 bits per heavy atom. The number of fused-ring (bicyclic) bond motifs is 1. The highest BCUT2D eigenvalue weighted by atomic mass is 19.4. The topological polar surface area (TPSA) is 149 Å². The number of carboxylic acids is 3. The predicted molar refractivity (Wildman–Crippen MR) is 131 cm³/mol. The van der Waals surface area contributed by atoms with Crippen molar-refractivity contribution in [3.05, 3.63) is 48.5 Å². The summed E-state index contributed by atoms with van der Waals surface area (Å²) in [4.78, 5) is 36.1. The van der Waals surface area contributed by atoms with Crippen LogP contribution in [0.2, 0.25) is 0 Å². The first-order valence-electron chi connectivity index (χ1n) is 12.3.